The van der Waals surface area contributed by atoms with Crippen molar-refractivity contribution in [3.05, 3.63) is 28.8 Å². The maximum absolute atomic E-state index is 12.5. The molecule has 1 amide bonds. The van der Waals surface area contributed by atoms with Gasteiger partial charge in [0.05, 0.1) is 0 Å². The zero-order valence-corrected chi connectivity index (χ0v) is 11.3. The topological polar surface area (TPSA) is 75.6 Å². The average Bonchev–Trinajstić information content (AvgIpc) is 2.38. The summed E-state index contributed by atoms with van der Waals surface area (Å²) in [6.07, 6.45) is 0. The molecule has 0 bridgehead atoms. The van der Waals surface area contributed by atoms with Crippen molar-refractivity contribution >= 4 is 11.9 Å². The van der Waals surface area contributed by atoms with Gasteiger partial charge in [0.15, 0.2) is 6.04 Å². The van der Waals surface area contributed by atoms with Crippen LogP contribution in [-0.2, 0) is 4.79 Å². The van der Waals surface area contributed by atoms with E-state index in [4.69, 9.17) is 5.11 Å². The number of hydrogen-bond donors (Lipinski definition) is 2. The van der Waals surface area contributed by atoms with Gasteiger partial charge < -0.3 is 15.2 Å². The second kappa shape index (κ2) is 6.96. The van der Waals surface area contributed by atoms with Gasteiger partial charge in [-0.3, -0.25) is 4.79 Å². The van der Waals surface area contributed by atoms with Crippen molar-refractivity contribution in [1.82, 2.24) is 5.32 Å². The van der Waals surface area contributed by atoms with E-state index >= 15 is 0 Å². The molecular weight excluding hydrogens is 291 g/mol. The Hall–Kier alpha value is -2.25. The summed E-state index contributed by atoms with van der Waals surface area (Å²) < 4.78 is 41.3. The fourth-order valence-corrected chi connectivity index (χ4v) is 1.76. The normalized spacial score (nSPS) is 12.1. The highest BCUT2D eigenvalue weighted by Crippen LogP contribution is 2.26. The number of nitrogens with one attached hydrogen (secondary N) is 1. The Labute approximate surface area is 118 Å². The molecule has 0 radical (unpaired) electrons. The Morgan fingerprint density at radius 3 is 2.19 bits per heavy atom. The summed E-state index contributed by atoms with van der Waals surface area (Å²) in [4.78, 5) is 22.5. The lowest BCUT2D eigenvalue weighted by Gasteiger charge is -2.15. The van der Waals surface area contributed by atoms with E-state index in [1.165, 1.54) is 26.0 Å². The second-order valence-corrected chi connectivity index (χ2v) is 4.34. The molecule has 0 saturated carbocycles. The molecule has 0 aliphatic heterocycles. The maximum atomic E-state index is 12.5. The Morgan fingerprint density at radius 1 is 1.29 bits per heavy atom. The summed E-state index contributed by atoms with van der Waals surface area (Å²) in [7, 11) is 0. The molecule has 0 heterocycles. The fraction of sp³-hybridized carbons (Fsp3) is 0.385. The largest absolute Gasteiger partial charge is 0.480 e. The zero-order chi connectivity index (χ0) is 16.2. The molecule has 0 aliphatic rings. The molecule has 116 valence electrons. The van der Waals surface area contributed by atoms with E-state index in [1.807, 2.05) is 5.32 Å². The minimum atomic E-state index is -3.00. The lowest BCUT2D eigenvalue weighted by Crippen LogP contribution is -2.42. The lowest BCUT2D eigenvalue weighted by atomic mass is 10.0. The Morgan fingerprint density at radius 2 is 1.81 bits per heavy atom. The van der Waals surface area contributed by atoms with Crippen molar-refractivity contribution in [2.24, 2.45) is 0 Å². The van der Waals surface area contributed by atoms with Crippen LogP contribution < -0.4 is 10.1 Å². The van der Waals surface area contributed by atoms with Crippen molar-refractivity contribution in [2.75, 3.05) is 6.67 Å². The number of aryl methyl sites for hydroxylation is 2. The van der Waals surface area contributed by atoms with E-state index in [-0.39, 0.29) is 22.4 Å². The summed E-state index contributed by atoms with van der Waals surface area (Å²) >= 11 is 0. The van der Waals surface area contributed by atoms with Gasteiger partial charge in [0, 0.05) is 5.56 Å². The van der Waals surface area contributed by atoms with Gasteiger partial charge in [-0.05, 0) is 37.1 Å². The number of alkyl halides is 3. The van der Waals surface area contributed by atoms with Crippen molar-refractivity contribution in [3.63, 3.8) is 0 Å². The van der Waals surface area contributed by atoms with Crippen LogP contribution in [0.15, 0.2) is 12.1 Å². The van der Waals surface area contributed by atoms with Crippen LogP contribution >= 0.6 is 0 Å². The van der Waals surface area contributed by atoms with Gasteiger partial charge in [-0.1, -0.05) is 0 Å². The third-order valence-electron chi connectivity index (χ3n) is 2.69. The van der Waals surface area contributed by atoms with Gasteiger partial charge in [0.25, 0.3) is 5.91 Å². The van der Waals surface area contributed by atoms with Crippen LogP contribution in [-0.4, -0.2) is 36.3 Å². The molecule has 1 rings (SSSR count). The maximum Gasteiger partial charge on any atom is 0.387 e. The second-order valence-electron chi connectivity index (χ2n) is 4.34. The molecule has 1 aromatic carbocycles. The van der Waals surface area contributed by atoms with Crippen molar-refractivity contribution < 1.29 is 32.6 Å². The number of carboxylic acids is 1. The first-order valence-corrected chi connectivity index (χ1v) is 5.92. The molecule has 1 aromatic rings. The molecule has 1 atom stereocenters. The minimum absolute atomic E-state index is 0.0336. The first kappa shape index (κ1) is 16.8. The molecular formula is C13H14F3NO4. The molecule has 8 heteroatoms. The molecule has 0 fully saturated rings. The van der Waals surface area contributed by atoms with Crippen LogP contribution in [0.5, 0.6) is 5.75 Å². The van der Waals surface area contributed by atoms with Crippen molar-refractivity contribution in [1.29, 1.82) is 0 Å². The lowest BCUT2D eigenvalue weighted by molar-refractivity contribution is -0.139. The van der Waals surface area contributed by atoms with E-state index in [9.17, 15) is 22.8 Å². The van der Waals surface area contributed by atoms with E-state index in [1.54, 1.807) is 0 Å². The van der Waals surface area contributed by atoms with E-state index in [0.29, 0.717) is 0 Å². The highest BCUT2D eigenvalue weighted by Gasteiger charge is 2.21. The van der Waals surface area contributed by atoms with Gasteiger partial charge in [-0.25, -0.2) is 9.18 Å². The van der Waals surface area contributed by atoms with Crippen LogP contribution in [0.2, 0.25) is 0 Å². The van der Waals surface area contributed by atoms with Gasteiger partial charge in [0.2, 0.25) is 0 Å². The van der Waals surface area contributed by atoms with Crippen LogP contribution in [0.3, 0.4) is 0 Å². The number of carboxylic acid groups (broad SMARTS) is 1. The van der Waals surface area contributed by atoms with E-state index < -0.39 is 31.2 Å². The molecule has 0 spiro atoms. The molecule has 0 aromatic heterocycles. The number of rotatable bonds is 6. The number of aliphatic carboxylic acids is 1. The Bertz CT molecular complexity index is 525. The third kappa shape index (κ3) is 4.37. The number of hydrogen-bond acceptors (Lipinski definition) is 3. The molecule has 2 N–H and O–H groups in total. The smallest absolute Gasteiger partial charge is 0.387 e. The van der Waals surface area contributed by atoms with Crippen molar-refractivity contribution in [2.45, 2.75) is 26.5 Å². The van der Waals surface area contributed by atoms with Crippen LogP contribution in [0.4, 0.5) is 13.2 Å². The molecule has 1 unspecified atom stereocenters. The summed E-state index contributed by atoms with van der Waals surface area (Å²) in [5.41, 5.74) is 0.603. The monoisotopic (exact) mass is 305 g/mol. The van der Waals surface area contributed by atoms with Gasteiger partial charge >= 0.3 is 12.6 Å². The number of carbonyl (C=O) groups is 2. The van der Waals surface area contributed by atoms with Crippen molar-refractivity contribution in [3.8, 4) is 5.75 Å². The summed E-state index contributed by atoms with van der Waals surface area (Å²) in [6, 6.07) is 0.865. The number of carbonyl (C=O) groups excluding carboxylic acids is 1. The quantitative estimate of drug-likeness (QED) is 0.843. The predicted molar refractivity (Wildman–Crippen MR) is 67.4 cm³/mol. The standard InChI is InChI=1S/C13H14F3NO4/c1-6-3-8(4-7(2)10(6)21-13(15)16)11(18)17-9(5-14)12(19)20/h3-4,9,13H,5H2,1-2H3,(H,17,18)(H,19,20). The molecule has 0 aliphatic carbocycles. The van der Waals surface area contributed by atoms with E-state index in [2.05, 4.69) is 4.74 Å². The SMILES string of the molecule is Cc1cc(C(=O)NC(CF)C(=O)O)cc(C)c1OC(F)F. The first-order valence-electron chi connectivity index (χ1n) is 5.92. The highest BCUT2D eigenvalue weighted by molar-refractivity contribution is 5.97. The Kier molecular flexibility index (Phi) is 5.57. The molecule has 21 heavy (non-hydrogen) atoms. The van der Waals surface area contributed by atoms with Crippen LogP contribution in [0.1, 0.15) is 21.5 Å². The number of amides is 1. The minimum Gasteiger partial charge on any atom is -0.480 e. The van der Waals surface area contributed by atoms with Gasteiger partial charge in [0.1, 0.15) is 12.4 Å². The Balaban J connectivity index is 2.99. The fourth-order valence-electron chi connectivity index (χ4n) is 1.76. The third-order valence-corrected chi connectivity index (χ3v) is 2.69. The zero-order valence-electron chi connectivity index (χ0n) is 11.3. The van der Waals surface area contributed by atoms with Gasteiger partial charge in [-0.2, -0.15) is 8.78 Å². The predicted octanol–water partition coefficient (Wildman–Crippen LogP) is 2.06. The van der Waals surface area contributed by atoms with E-state index in [0.717, 1.165) is 0 Å². The molecule has 5 nitrogen and oxygen atoms in total. The number of benzene rings is 1. The molecule has 0 saturated heterocycles. The first-order chi connectivity index (χ1) is 9.76. The van der Waals surface area contributed by atoms with Gasteiger partial charge in [-0.15, -0.1) is 0 Å². The summed E-state index contributed by atoms with van der Waals surface area (Å²) in [5.74, 6) is -2.37. The summed E-state index contributed by atoms with van der Waals surface area (Å²) in [5, 5.41) is 10.7. The van der Waals surface area contributed by atoms with Crippen LogP contribution in [0, 0.1) is 13.8 Å². The highest BCUT2D eigenvalue weighted by atomic mass is 19.3. The summed E-state index contributed by atoms with van der Waals surface area (Å²) in [6.45, 7) is -1.33. The van der Waals surface area contributed by atoms with Crippen LogP contribution in [0.25, 0.3) is 0 Å². The number of ether oxygens (including phenoxy) is 1. The number of halogens is 3. The average molecular weight is 305 g/mol.